The van der Waals surface area contributed by atoms with E-state index in [9.17, 15) is 4.79 Å². The van der Waals surface area contributed by atoms with E-state index in [0.29, 0.717) is 5.05 Å². The minimum atomic E-state index is -0.487. The van der Waals surface area contributed by atoms with Crippen molar-refractivity contribution in [1.82, 2.24) is 4.90 Å². The van der Waals surface area contributed by atoms with E-state index in [4.69, 9.17) is 27.4 Å². The normalized spacial score (nSPS) is 25.0. The zero-order chi connectivity index (χ0) is 22.8. The second-order valence-corrected chi connectivity index (χ2v) is 10.2. The summed E-state index contributed by atoms with van der Waals surface area (Å²) in [5.41, 5.74) is 9.98. The lowest BCUT2D eigenvalue weighted by molar-refractivity contribution is -0.141. The molecule has 0 saturated carbocycles. The Kier molecular flexibility index (Phi) is 6.83. The van der Waals surface area contributed by atoms with Gasteiger partial charge in [-0.1, -0.05) is 60.7 Å². The smallest absolute Gasteiger partial charge is 0.248 e. The van der Waals surface area contributed by atoms with Crippen LogP contribution in [-0.2, 0) is 14.3 Å². The first kappa shape index (κ1) is 22.6. The topological polar surface area (TPSA) is 64.8 Å². The lowest BCUT2D eigenvalue weighted by Gasteiger charge is -2.49. The maximum atomic E-state index is 12.8. The molecule has 0 aromatic heterocycles. The fraction of sp³-hybridized carbons (Fsp3) is 0.385. The van der Waals surface area contributed by atoms with Crippen LogP contribution in [0, 0.1) is 0 Å². The molecule has 172 valence electrons. The van der Waals surface area contributed by atoms with Gasteiger partial charge in [-0.25, -0.2) is 0 Å². The van der Waals surface area contributed by atoms with Gasteiger partial charge in [0.2, 0.25) is 11.0 Å². The standard InChI is InChI=1S/C26H28N2O3S2/c27-21-24(29)28-22(19(16-33-25(21)28)15-20-13-7-8-14-30-20)26(32)31-23(17-9-3-1-4-10-17)18-11-5-2-6-12-18/h1-6,9-12,20-21,23,25H,7-8,13-16,27H2/t20?,21?,25-/m1/s1. The summed E-state index contributed by atoms with van der Waals surface area (Å²) >= 11 is 7.59. The van der Waals surface area contributed by atoms with Crippen LogP contribution in [0.25, 0.3) is 0 Å². The number of hydrogen-bond acceptors (Lipinski definition) is 6. The van der Waals surface area contributed by atoms with Gasteiger partial charge < -0.3 is 15.2 Å². The van der Waals surface area contributed by atoms with Crippen LogP contribution in [0.5, 0.6) is 0 Å². The van der Waals surface area contributed by atoms with Gasteiger partial charge in [0.1, 0.15) is 17.5 Å². The van der Waals surface area contributed by atoms with Crippen LogP contribution in [0.2, 0.25) is 0 Å². The minimum absolute atomic E-state index is 0.0861. The molecule has 3 aliphatic rings. The second kappa shape index (κ2) is 9.97. The van der Waals surface area contributed by atoms with E-state index < -0.39 is 6.04 Å². The molecule has 2 aromatic rings. The number of benzene rings is 2. The van der Waals surface area contributed by atoms with Crippen molar-refractivity contribution in [2.45, 2.75) is 49.3 Å². The molecule has 2 unspecified atom stereocenters. The number of ether oxygens (including phenoxy) is 2. The van der Waals surface area contributed by atoms with Gasteiger partial charge in [0.05, 0.1) is 11.8 Å². The van der Waals surface area contributed by atoms with Gasteiger partial charge in [-0.05, 0) is 54.6 Å². The highest BCUT2D eigenvalue weighted by Gasteiger charge is 2.51. The Morgan fingerprint density at radius 3 is 2.39 bits per heavy atom. The third-order valence-corrected chi connectivity index (χ3v) is 8.11. The molecule has 0 spiro atoms. The SMILES string of the molecule is NC1C(=O)N2C(C(=S)OC(c3ccccc3)c3ccccc3)=C(CC3CCCCO3)CS[C@H]12. The van der Waals surface area contributed by atoms with Gasteiger partial charge in [0.15, 0.2) is 0 Å². The van der Waals surface area contributed by atoms with E-state index in [0.717, 1.165) is 54.0 Å². The van der Waals surface area contributed by atoms with Crippen LogP contribution in [0.15, 0.2) is 71.9 Å². The number of β-lactam (4-membered cyclic amide) rings is 1. The van der Waals surface area contributed by atoms with Crippen LogP contribution >= 0.6 is 24.0 Å². The molecular weight excluding hydrogens is 452 g/mol. The molecule has 3 aliphatic heterocycles. The van der Waals surface area contributed by atoms with Crippen LogP contribution in [0.4, 0.5) is 0 Å². The summed E-state index contributed by atoms with van der Waals surface area (Å²) in [6.45, 7) is 0.793. The maximum absolute atomic E-state index is 12.8. The molecule has 5 nitrogen and oxygen atoms in total. The summed E-state index contributed by atoms with van der Waals surface area (Å²) < 4.78 is 12.5. The average molecular weight is 481 g/mol. The summed E-state index contributed by atoms with van der Waals surface area (Å²) in [7, 11) is 0. The first-order valence-electron chi connectivity index (χ1n) is 11.5. The van der Waals surface area contributed by atoms with Gasteiger partial charge in [-0.2, -0.15) is 0 Å². The number of carbonyl (C=O) groups is 1. The van der Waals surface area contributed by atoms with Crippen molar-refractivity contribution in [3.05, 3.63) is 83.1 Å². The third-order valence-electron chi connectivity index (χ3n) is 6.46. The molecule has 1 amide bonds. The quantitative estimate of drug-likeness (QED) is 0.483. The van der Waals surface area contributed by atoms with Crippen LogP contribution in [-0.4, -0.2) is 45.7 Å². The van der Waals surface area contributed by atoms with Crippen molar-refractivity contribution >= 4 is 34.9 Å². The van der Waals surface area contributed by atoms with E-state index in [1.807, 2.05) is 60.7 Å². The molecule has 0 radical (unpaired) electrons. The predicted octanol–water partition coefficient (Wildman–Crippen LogP) is 4.58. The summed E-state index contributed by atoms with van der Waals surface area (Å²) in [6, 6.07) is 19.6. The highest BCUT2D eigenvalue weighted by molar-refractivity contribution is 8.00. The molecule has 7 heteroatoms. The Morgan fingerprint density at radius 1 is 1.12 bits per heavy atom. The van der Waals surface area contributed by atoms with E-state index in [1.54, 1.807) is 16.7 Å². The monoisotopic (exact) mass is 480 g/mol. The Balaban J connectivity index is 1.47. The summed E-state index contributed by atoms with van der Waals surface area (Å²) in [5.74, 6) is 0.688. The minimum Gasteiger partial charge on any atom is -0.469 e. The molecule has 2 fully saturated rings. The third kappa shape index (κ3) is 4.60. The lowest BCUT2D eigenvalue weighted by Crippen LogP contribution is -2.68. The van der Waals surface area contributed by atoms with Crippen molar-refractivity contribution in [3.8, 4) is 0 Å². The number of thioether (sulfide) groups is 1. The van der Waals surface area contributed by atoms with Crippen LogP contribution in [0.1, 0.15) is 42.9 Å². The Labute approximate surface area is 204 Å². The second-order valence-electron chi connectivity index (χ2n) is 8.69. The summed E-state index contributed by atoms with van der Waals surface area (Å²) in [6.07, 6.45) is 3.87. The molecule has 3 heterocycles. The van der Waals surface area contributed by atoms with Crippen molar-refractivity contribution in [1.29, 1.82) is 0 Å². The molecular formula is C26H28N2O3S2. The lowest BCUT2D eigenvalue weighted by atomic mass is 9.97. The molecule has 2 aromatic carbocycles. The highest BCUT2D eigenvalue weighted by Crippen LogP contribution is 2.42. The summed E-state index contributed by atoms with van der Waals surface area (Å²) in [4.78, 5) is 14.5. The van der Waals surface area contributed by atoms with Crippen LogP contribution < -0.4 is 5.73 Å². The number of amides is 1. The molecule has 33 heavy (non-hydrogen) atoms. The van der Waals surface area contributed by atoms with E-state index in [2.05, 4.69) is 0 Å². The van der Waals surface area contributed by atoms with E-state index in [1.165, 1.54) is 6.42 Å². The van der Waals surface area contributed by atoms with Gasteiger partial charge in [-0.3, -0.25) is 9.69 Å². The van der Waals surface area contributed by atoms with E-state index >= 15 is 0 Å². The van der Waals surface area contributed by atoms with Gasteiger partial charge in [0, 0.05) is 12.4 Å². The van der Waals surface area contributed by atoms with Crippen molar-refractivity contribution < 1.29 is 14.3 Å². The Hall–Kier alpha value is -2.19. The van der Waals surface area contributed by atoms with Crippen molar-refractivity contribution in [2.24, 2.45) is 5.73 Å². The molecule has 3 atom stereocenters. The Morgan fingerprint density at radius 2 is 1.79 bits per heavy atom. The van der Waals surface area contributed by atoms with Crippen molar-refractivity contribution in [3.63, 3.8) is 0 Å². The fourth-order valence-electron chi connectivity index (χ4n) is 4.72. The largest absolute Gasteiger partial charge is 0.469 e. The molecule has 0 aliphatic carbocycles. The number of hydrogen-bond donors (Lipinski definition) is 1. The first-order chi connectivity index (χ1) is 16.1. The first-order valence-corrected chi connectivity index (χ1v) is 12.9. The fourth-order valence-corrected chi connectivity index (χ4v) is 6.36. The Bertz CT molecular complexity index is 999. The van der Waals surface area contributed by atoms with E-state index in [-0.39, 0.29) is 23.5 Å². The van der Waals surface area contributed by atoms with Gasteiger partial charge in [-0.15, -0.1) is 11.8 Å². The van der Waals surface area contributed by atoms with Crippen molar-refractivity contribution in [2.75, 3.05) is 12.4 Å². The number of nitrogens with zero attached hydrogens (tertiary/aromatic N) is 1. The number of thiocarbonyl (C=S) groups is 1. The van der Waals surface area contributed by atoms with Gasteiger partial charge in [0.25, 0.3) is 0 Å². The number of rotatable bonds is 6. The van der Waals surface area contributed by atoms with Gasteiger partial charge >= 0.3 is 0 Å². The number of fused-ring (bicyclic) bond motifs is 1. The zero-order valence-electron chi connectivity index (χ0n) is 18.4. The predicted molar refractivity (Wildman–Crippen MR) is 135 cm³/mol. The van der Waals surface area contributed by atoms with Crippen LogP contribution in [0.3, 0.4) is 0 Å². The molecule has 0 bridgehead atoms. The molecule has 2 saturated heterocycles. The average Bonchev–Trinajstić information content (AvgIpc) is 2.88. The summed E-state index contributed by atoms with van der Waals surface area (Å²) in [5, 5.41) is 0.265. The molecule has 2 N–H and O–H groups in total. The maximum Gasteiger partial charge on any atom is 0.248 e. The number of carbonyl (C=O) groups excluding carboxylic acids is 1. The molecule has 5 rings (SSSR count). The highest BCUT2D eigenvalue weighted by atomic mass is 32.2. The zero-order valence-corrected chi connectivity index (χ0v) is 20.0. The number of nitrogens with two attached hydrogens (primary N) is 1.